The number of esters is 1. The first kappa shape index (κ1) is 19.1. The highest BCUT2D eigenvalue weighted by molar-refractivity contribution is 9.10. The molecule has 0 bridgehead atoms. The quantitative estimate of drug-likeness (QED) is 0.598. The second-order valence-corrected chi connectivity index (χ2v) is 8.11. The lowest BCUT2D eigenvalue weighted by molar-refractivity contribution is -0.158. The molecule has 1 saturated carbocycles. The standard InChI is InChI=1S/C21H22BrN3O3/c22-15-8-6-13(7-9-15)17-12-18(25-24-17)21(27)28-19(14-4-2-1-3-5-14)20(26)23-16-10-11-16/h1-9,16-19,24-25H,10-12H2,(H,23,26). The Morgan fingerprint density at radius 3 is 2.43 bits per heavy atom. The van der Waals surface area contributed by atoms with E-state index in [9.17, 15) is 9.59 Å². The summed E-state index contributed by atoms with van der Waals surface area (Å²) in [7, 11) is 0. The number of hydrazine groups is 1. The van der Waals surface area contributed by atoms with Gasteiger partial charge in [-0.25, -0.2) is 10.9 Å². The maximum absolute atomic E-state index is 12.8. The first-order chi connectivity index (χ1) is 13.6. The van der Waals surface area contributed by atoms with E-state index in [4.69, 9.17) is 4.74 Å². The van der Waals surface area contributed by atoms with Crippen LogP contribution in [0.5, 0.6) is 0 Å². The summed E-state index contributed by atoms with van der Waals surface area (Å²) in [6, 6.07) is 16.8. The van der Waals surface area contributed by atoms with Gasteiger partial charge in [0, 0.05) is 22.1 Å². The van der Waals surface area contributed by atoms with Gasteiger partial charge in [0.05, 0.1) is 0 Å². The zero-order chi connectivity index (χ0) is 19.5. The molecule has 2 aliphatic rings. The molecular formula is C21H22BrN3O3. The van der Waals surface area contributed by atoms with Gasteiger partial charge in [0.25, 0.3) is 5.91 Å². The Balaban J connectivity index is 1.42. The summed E-state index contributed by atoms with van der Waals surface area (Å²) in [6.45, 7) is 0. The molecule has 0 radical (unpaired) electrons. The Labute approximate surface area is 172 Å². The lowest BCUT2D eigenvalue weighted by atomic mass is 10.0. The van der Waals surface area contributed by atoms with Gasteiger partial charge in [0.1, 0.15) is 6.04 Å². The van der Waals surface area contributed by atoms with Gasteiger partial charge >= 0.3 is 5.97 Å². The number of halogens is 1. The van der Waals surface area contributed by atoms with Crippen LogP contribution in [-0.4, -0.2) is 24.0 Å². The fraction of sp³-hybridized carbons (Fsp3) is 0.333. The van der Waals surface area contributed by atoms with E-state index >= 15 is 0 Å². The molecule has 146 valence electrons. The molecule has 2 fully saturated rings. The Hall–Kier alpha value is -2.22. The summed E-state index contributed by atoms with van der Waals surface area (Å²) in [5, 5.41) is 2.93. The van der Waals surface area contributed by atoms with Crippen molar-refractivity contribution in [2.24, 2.45) is 0 Å². The van der Waals surface area contributed by atoms with Crippen LogP contribution < -0.4 is 16.2 Å². The molecule has 1 amide bonds. The summed E-state index contributed by atoms with van der Waals surface area (Å²) >= 11 is 3.43. The van der Waals surface area contributed by atoms with Crippen LogP contribution in [0.3, 0.4) is 0 Å². The van der Waals surface area contributed by atoms with Crippen molar-refractivity contribution in [3.63, 3.8) is 0 Å². The maximum Gasteiger partial charge on any atom is 0.325 e. The monoisotopic (exact) mass is 443 g/mol. The number of hydrogen-bond donors (Lipinski definition) is 3. The van der Waals surface area contributed by atoms with Crippen LogP contribution in [-0.2, 0) is 14.3 Å². The number of benzene rings is 2. The minimum Gasteiger partial charge on any atom is -0.446 e. The number of hydrogen-bond acceptors (Lipinski definition) is 5. The van der Waals surface area contributed by atoms with Crippen LogP contribution in [0.4, 0.5) is 0 Å². The normalized spacial score (nSPS) is 22.5. The van der Waals surface area contributed by atoms with Crippen LogP contribution in [0.25, 0.3) is 0 Å². The van der Waals surface area contributed by atoms with Crippen molar-refractivity contribution in [2.45, 2.75) is 43.5 Å². The fourth-order valence-corrected chi connectivity index (χ4v) is 3.49. The number of nitrogens with one attached hydrogen (secondary N) is 3. The van der Waals surface area contributed by atoms with Gasteiger partial charge in [-0.2, -0.15) is 0 Å². The molecule has 0 spiro atoms. The third-order valence-electron chi connectivity index (χ3n) is 4.96. The topological polar surface area (TPSA) is 79.5 Å². The Morgan fingerprint density at radius 1 is 1.04 bits per heavy atom. The summed E-state index contributed by atoms with van der Waals surface area (Å²) in [5.74, 6) is -0.704. The minimum absolute atomic E-state index is 0.00103. The molecule has 7 heteroatoms. The van der Waals surface area contributed by atoms with E-state index in [2.05, 4.69) is 32.1 Å². The molecule has 1 heterocycles. The predicted molar refractivity (Wildman–Crippen MR) is 108 cm³/mol. The van der Waals surface area contributed by atoms with Gasteiger partial charge < -0.3 is 10.1 Å². The Kier molecular flexibility index (Phi) is 5.75. The molecule has 2 aromatic carbocycles. The molecule has 1 aliphatic carbocycles. The first-order valence-electron chi connectivity index (χ1n) is 9.42. The molecule has 3 unspecified atom stereocenters. The van der Waals surface area contributed by atoms with E-state index in [-0.39, 0.29) is 18.0 Å². The van der Waals surface area contributed by atoms with Crippen LogP contribution >= 0.6 is 15.9 Å². The largest absolute Gasteiger partial charge is 0.446 e. The van der Waals surface area contributed by atoms with Crippen molar-refractivity contribution in [1.82, 2.24) is 16.2 Å². The number of ether oxygens (including phenoxy) is 1. The Bertz CT molecular complexity index is 840. The number of rotatable bonds is 6. The molecule has 3 atom stereocenters. The second kappa shape index (κ2) is 8.43. The summed E-state index contributed by atoms with van der Waals surface area (Å²) < 4.78 is 6.66. The smallest absolute Gasteiger partial charge is 0.325 e. The zero-order valence-corrected chi connectivity index (χ0v) is 16.8. The third-order valence-corrected chi connectivity index (χ3v) is 5.49. The van der Waals surface area contributed by atoms with Crippen molar-refractivity contribution in [3.8, 4) is 0 Å². The molecule has 3 N–H and O–H groups in total. The zero-order valence-electron chi connectivity index (χ0n) is 15.2. The van der Waals surface area contributed by atoms with Crippen molar-refractivity contribution >= 4 is 27.8 Å². The number of carbonyl (C=O) groups is 2. The second-order valence-electron chi connectivity index (χ2n) is 7.19. The van der Waals surface area contributed by atoms with Crippen LogP contribution in [0.1, 0.15) is 42.5 Å². The maximum atomic E-state index is 12.8. The fourth-order valence-electron chi connectivity index (χ4n) is 3.23. The lowest BCUT2D eigenvalue weighted by Gasteiger charge is -2.20. The molecule has 28 heavy (non-hydrogen) atoms. The highest BCUT2D eigenvalue weighted by atomic mass is 79.9. The molecule has 1 saturated heterocycles. The molecule has 4 rings (SSSR count). The first-order valence-corrected chi connectivity index (χ1v) is 10.2. The van der Waals surface area contributed by atoms with Gasteiger partial charge in [-0.1, -0.05) is 58.4 Å². The molecule has 1 aliphatic heterocycles. The van der Waals surface area contributed by atoms with Crippen LogP contribution in [0.2, 0.25) is 0 Å². The van der Waals surface area contributed by atoms with E-state index in [1.165, 1.54) is 0 Å². The van der Waals surface area contributed by atoms with E-state index in [0.717, 1.165) is 22.9 Å². The average molecular weight is 444 g/mol. The third kappa shape index (κ3) is 4.60. The van der Waals surface area contributed by atoms with Crippen molar-refractivity contribution in [3.05, 3.63) is 70.2 Å². The average Bonchev–Trinajstić information content (AvgIpc) is 3.38. The van der Waals surface area contributed by atoms with Gasteiger partial charge in [-0.05, 0) is 37.0 Å². The highest BCUT2D eigenvalue weighted by Gasteiger charge is 2.36. The number of carbonyl (C=O) groups excluding carboxylic acids is 2. The molecule has 2 aromatic rings. The van der Waals surface area contributed by atoms with E-state index in [0.29, 0.717) is 12.0 Å². The van der Waals surface area contributed by atoms with Crippen molar-refractivity contribution < 1.29 is 14.3 Å². The van der Waals surface area contributed by atoms with Crippen molar-refractivity contribution in [1.29, 1.82) is 0 Å². The predicted octanol–water partition coefficient (Wildman–Crippen LogP) is 2.92. The van der Waals surface area contributed by atoms with Crippen molar-refractivity contribution in [2.75, 3.05) is 0 Å². The molecular weight excluding hydrogens is 422 g/mol. The summed E-state index contributed by atoms with van der Waals surface area (Å²) in [6.07, 6.45) is 1.56. The van der Waals surface area contributed by atoms with Gasteiger partial charge in [-0.15, -0.1) is 0 Å². The van der Waals surface area contributed by atoms with Crippen LogP contribution in [0.15, 0.2) is 59.1 Å². The number of amides is 1. The van der Waals surface area contributed by atoms with Gasteiger partial charge in [-0.3, -0.25) is 9.59 Å². The minimum atomic E-state index is -0.942. The summed E-state index contributed by atoms with van der Waals surface area (Å²) in [4.78, 5) is 25.4. The summed E-state index contributed by atoms with van der Waals surface area (Å²) in [5.41, 5.74) is 7.89. The van der Waals surface area contributed by atoms with Crippen LogP contribution in [0, 0.1) is 0 Å². The Morgan fingerprint density at radius 2 is 1.75 bits per heavy atom. The SMILES string of the molecule is O=C(OC(C(=O)NC1CC1)c1ccccc1)C1CC(c2ccc(Br)cc2)NN1. The highest BCUT2D eigenvalue weighted by Crippen LogP contribution is 2.27. The van der Waals surface area contributed by atoms with E-state index < -0.39 is 18.1 Å². The van der Waals surface area contributed by atoms with Gasteiger partial charge in [0.2, 0.25) is 6.10 Å². The molecule has 6 nitrogen and oxygen atoms in total. The van der Waals surface area contributed by atoms with E-state index in [1.54, 1.807) is 12.1 Å². The van der Waals surface area contributed by atoms with Gasteiger partial charge in [0.15, 0.2) is 0 Å². The lowest BCUT2D eigenvalue weighted by Crippen LogP contribution is -2.40. The molecule has 0 aromatic heterocycles. The van der Waals surface area contributed by atoms with E-state index in [1.807, 2.05) is 42.5 Å².